The van der Waals surface area contributed by atoms with Gasteiger partial charge in [-0.25, -0.2) is 0 Å². The standard InChI is InChI=1S/C23H30N2O5.BrH/c1-25(13-16-3-2-10-30-16)9-8-22-12-15(26)6-7-23(22,29)18(25)11-14-4-5-17(21(24)28)20(27)19(14)22;/h4-5,16,18,29H,2-3,6-13H2,1H3,(H2-,24,27,28);1H/t16?,18-,22-,23-,25?;/m1./s1. The number of nitrogens with zero attached hydrogens (tertiary/aromatic N) is 1. The molecule has 170 valence electrons. The first kappa shape index (κ1) is 22.7. The Hall–Kier alpha value is -1.48. The van der Waals surface area contributed by atoms with Crippen LogP contribution < -0.4 is 22.7 Å². The van der Waals surface area contributed by atoms with E-state index in [2.05, 4.69) is 7.05 Å². The predicted octanol–water partition coefficient (Wildman–Crippen LogP) is -1.83. The lowest BCUT2D eigenvalue weighted by Gasteiger charge is -2.65. The van der Waals surface area contributed by atoms with Gasteiger partial charge in [0.25, 0.3) is 5.91 Å². The number of hydrogen-bond acceptors (Lipinski definition) is 5. The summed E-state index contributed by atoms with van der Waals surface area (Å²) in [5.74, 6) is -0.749. The van der Waals surface area contributed by atoms with Crippen LogP contribution in [0.4, 0.5) is 0 Å². The number of aliphatic hydroxyl groups is 1. The SMILES string of the molecule is C[N+]1(CC2CCCO2)CC[C@]23CC(=O)CC[C@@]2(O)[C@H]1Cc1ccc(C(N)=O)c(O)c13.[Br-]. The Balaban J connectivity index is 0.00000231. The molecule has 2 bridgehead atoms. The number of fused-ring (bicyclic) bond motifs is 1. The summed E-state index contributed by atoms with van der Waals surface area (Å²) in [4.78, 5) is 24.5. The van der Waals surface area contributed by atoms with Crippen LogP contribution in [0.2, 0.25) is 0 Å². The van der Waals surface area contributed by atoms with E-state index in [4.69, 9.17) is 10.5 Å². The van der Waals surface area contributed by atoms with E-state index in [1.165, 1.54) is 0 Å². The lowest BCUT2D eigenvalue weighted by Crippen LogP contribution is -3.00. The van der Waals surface area contributed by atoms with Gasteiger partial charge in [0.15, 0.2) is 0 Å². The molecule has 2 saturated heterocycles. The molecule has 4 N–H and O–H groups in total. The molecule has 8 heteroatoms. The van der Waals surface area contributed by atoms with Crippen molar-refractivity contribution in [2.24, 2.45) is 5.73 Å². The number of piperidine rings is 1. The van der Waals surface area contributed by atoms with E-state index in [9.17, 15) is 19.8 Å². The fraction of sp³-hybridized carbons (Fsp3) is 0.652. The molecule has 31 heavy (non-hydrogen) atoms. The number of hydrogen-bond donors (Lipinski definition) is 3. The summed E-state index contributed by atoms with van der Waals surface area (Å²) >= 11 is 0. The number of quaternary nitrogens is 1. The number of halogens is 1. The number of amides is 1. The van der Waals surface area contributed by atoms with Crippen LogP contribution in [0.15, 0.2) is 12.1 Å². The number of ether oxygens (including phenoxy) is 1. The van der Waals surface area contributed by atoms with Gasteiger partial charge < -0.3 is 42.1 Å². The number of likely N-dealkylation sites (N-methyl/N-ethyl adjacent to an activating group) is 1. The number of aromatic hydroxyl groups is 1. The molecule has 5 rings (SSSR count). The largest absolute Gasteiger partial charge is 1.00 e. The maximum Gasteiger partial charge on any atom is 0.252 e. The molecule has 2 aliphatic carbocycles. The van der Waals surface area contributed by atoms with Crippen molar-refractivity contribution < 1.29 is 46.0 Å². The van der Waals surface area contributed by atoms with E-state index in [0.29, 0.717) is 35.7 Å². The monoisotopic (exact) mass is 494 g/mol. The topological polar surface area (TPSA) is 110 Å². The van der Waals surface area contributed by atoms with Crippen molar-refractivity contribution in [1.29, 1.82) is 0 Å². The summed E-state index contributed by atoms with van der Waals surface area (Å²) in [5.41, 5.74) is 5.05. The maximum absolute atomic E-state index is 12.6. The van der Waals surface area contributed by atoms with Gasteiger partial charge in [0.05, 0.1) is 19.2 Å². The van der Waals surface area contributed by atoms with Crippen LogP contribution in [0.5, 0.6) is 5.75 Å². The zero-order valence-corrected chi connectivity index (χ0v) is 19.5. The fourth-order valence-corrected chi connectivity index (χ4v) is 7.09. The van der Waals surface area contributed by atoms with Crippen molar-refractivity contribution >= 4 is 11.7 Å². The van der Waals surface area contributed by atoms with Crippen molar-refractivity contribution in [3.8, 4) is 5.75 Å². The van der Waals surface area contributed by atoms with Gasteiger partial charge in [-0.05, 0) is 30.9 Å². The molecule has 0 radical (unpaired) electrons. The van der Waals surface area contributed by atoms with Crippen LogP contribution in [-0.2, 0) is 21.4 Å². The number of Topliss-reactive ketones (excluding diaryl/α,β-unsaturated/α-hetero) is 1. The zero-order chi connectivity index (χ0) is 21.3. The molecule has 0 spiro atoms. The molecule has 2 unspecified atom stereocenters. The first-order chi connectivity index (χ1) is 14.2. The van der Waals surface area contributed by atoms with Gasteiger partial charge in [-0.2, -0.15) is 0 Å². The lowest BCUT2D eigenvalue weighted by molar-refractivity contribution is -0.951. The summed E-state index contributed by atoms with van der Waals surface area (Å²) in [6.45, 7) is 2.43. The van der Waals surface area contributed by atoms with Crippen molar-refractivity contribution in [3.05, 3.63) is 28.8 Å². The first-order valence-corrected chi connectivity index (χ1v) is 11.1. The average Bonchev–Trinajstić information content (AvgIpc) is 3.18. The van der Waals surface area contributed by atoms with Gasteiger partial charge in [0.1, 0.15) is 35.8 Å². The highest BCUT2D eigenvalue weighted by Crippen LogP contribution is 2.61. The van der Waals surface area contributed by atoms with Crippen LogP contribution in [0.3, 0.4) is 0 Å². The average molecular weight is 495 g/mol. The van der Waals surface area contributed by atoms with E-state index in [1.807, 2.05) is 6.07 Å². The van der Waals surface area contributed by atoms with Crippen molar-refractivity contribution in [2.45, 2.75) is 68.1 Å². The maximum atomic E-state index is 12.6. The Morgan fingerprint density at radius 3 is 2.81 bits per heavy atom. The van der Waals surface area contributed by atoms with Crippen molar-refractivity contribution in [3.63, 3.8) is 0 Å². The number of carbonyl (C=O) groups excluding carboxylic acids is 2. The highest BCUT2D eigenvalue weighted by molar-refractivity contribution is 5.96. The Kier molecular flexibility index (Phi) is 5.52. The number of ketones is 1. The second-order valence-electron chi connectivity index (χ2n) is 10.1. The molecular formula is C23H31BrN2O5. The third-order valence-corrected chi connectivity index (χ3v) is 8.53. The number of likely N-dealkylation sites (tertiary alicyclic amines) is 1. The summed E-state index contributed by atoms with van der Waals surface area (Å²) < 4.78 is 6.63. The Morgan fingerprint density at radius 1 is 1.35 bits per heavy atom. The van der Waals surface area contributed by atoms with Crippen molar-refractivity contribution in [1.82, 2.24) is 0 Å². The Morgan fingerprint density at radius 2 is 2.13 bits per heavy atom. The van der Waals surface area contributed by atoms with E-state index >= 15 is 0 Å². The minimum atomic E-state index is -1.12. The van der Waals surface area contributed by atoms with Crippen molar-refractivity contribution in [2.75, 3.05) is 26.7 Å². The molecule has 1 amide bonds. The smallest absolute Gasteiger partial charge is 0.252 e. The van der Waals surface area contributed by atoms with E-state index < -0.39 is 16.9 Å². The summed E-state index contributed by atoms with van der Waals surface area (Å²) in [6, 6.07) is 3.34. The molecule has 2 aliphatic heterocycles. The molecule has 5 atom stereocenters. The third kappa shape index (κ3) is 3.09. The summed E-state index contributed by atoms with van der Waals surface area (Å²) in [5, 5.41) is 23.3. The zero-order valence-electron chi connectivity index (χ0n) is 17.9. The molecule has 1 aromatic rings. The molecule has 3 fully saturated rings. The Labute approximate surface area is 192 Å². The number of benzene rings is 1. The van der Waals surface area contributed by atoms with Gasteiger partial charge in [-0.3, -0.25) is 9.59 Å². The van der Waals surface area contributed by atoms with Crippen LogP contribution in [0.25, 0.3) is 0 Å². The minimum Gasteiger partial charge on any atom is -1.00 e. The first-order valence-electron chi connectivity index (χ1n) is 11.1. The number of nitrogens with two attached hydrogens (primary N) is 1. The quantitative estimate of drug-likeness (QED) is 0.428. The molecular weight excluding hydrogens is 464 g/mol. The number of rotatable bonds is 3. The number of carbonyl (C=O) groups is 2. The highest BCUT2D eigenvalue weighted by atomic mass is 79.9. The number of phenols is 1. The summed E-state index contributed by atoms with van der Waals surface area (Å²) in [6.07, 6.45) is 4.42. The predicted molar refractivity (Wildman–Crippen MR) is 109 cm³/mol. The van der Waals surface area contributed by atoms with Crippen LogP contribution in [0.1, 0.15) is 60.0 Å². The van der Waals surface area contributed by atoms with Gasteiger partial charge in [-0.15, -0.1) is 0 Å². The number of primary amides is 1. The minimum absolute atomic E-state index is 0. The second-order valence-corrected chi connectivity index (χ2v) is 10.1. The second kappa shape index (κ2) is 7.54. The third-order valence-electron chi connectivity index (χ3n) is 8.53. The fourth-order valence-electron chi connectivity index (χ4n) is 7.09. The summed E-state index contributed by atoms with van der Waals surface area (Å²) in [7, 11) is 2.20. The van der Waals surface area contributed by atoms with Crippen LogP contribution >= 0.6 is 0 Å². The Bertz CT molecular complexity index is 933. The lowest BCUT2D eigenvalue weighted by atomic mass is 9.48. The molecule has 1 aromatic carbocycles. The van der Waals surface area contributed by atoms with E-state index in [0.717, 1.165) is 38.1 Å². The van der Waals surface area contributed by atoms with Gasteiger partial charge >= 0.3 is 0 Å². The normalized spacial score (nSPS) is 38.7. The van der Waals surface area contributed by atoms with Gasteiger partial charge in [0, 0.05) is 43.3 Å². The molecule has 4 aliphatic rings. The molecule has 2 heterocycles. The van der Waals surface area contributed by atoms with Crippen LogP contribution in [0, 0.1) is 0 Å². The molecule has 1 saturated carbocycles. The van der Waals surface area contributed by atoms with Gasteiger partial charge in [0.2, 0.25) is 0 Å². The van der Waals surface area contributed by atoms with Crippen LogP contribution in [-0.4, -0.2) is 70.9 Å². The molecule has 0 aromatic heterocycles. The highest BCUT2D eigenvalue weighted by Gasteiger charge is 2.70. The molecule has 7 nitrogen and oxygen atoms in total. The van der Waals surface area contributed by atoms with E-state index in [-0.39, 0.29) is 52.6 Å². The van der Waals surface area contributed by atoms with Gasteiger partial charge in [-0.1, -0.05) is 6.07 Å². The van der Waals surface area contributed by atoms with E-state index in [1.54, 1.807) is 6.07 Å².